The molecule has 3 aliphatic carbocycles. The van der Waals surface area contributed by atoms with Gasteiger partial charge in [-0.15, -0.1) is 0 Å². The molecular formula is C72H46N2. The number of hydrogen-bond acceptors (Lipinski definition) is 1. The highest BCUT2D eigenvalue weighted by molar-refractivity contribution is 6.14. The van der Waals surface area contributed by atoms with E-state index in [0.29, 0.717) is 11.1 Å². The van der Waals surface area contributed by atoms with Gasteiger partial charge in [0.15, 0.2) is 0 Å². The van der Waals surface area contributed by atoms with Crippen LogP contribution in [0.1, 0.15) is 50.0 Å². The monoisotopic (exact) mass is 942 g/mol. The van der Waals surface area contributed by atoms with Gasteiger partial charge in [-0.05, 0) is 138 Å². The zero-order valence-corrected chi connectivity index (χ0v) is 40.1. The SMILES string of the molecule is [2H]c1c([2H])c([2H])c2c(c1[2H])-c1ccccc1C21c2ccccc2-c2cccc3c(N(c4ccc5c(c4)C(c4ccccc4)(c4ccccc4)c4ccccc4-5)c4ccc5c(c4)c4ccccc4n5-c4ccccc4)ccc1c23. The van der Waals surface area contributed by atoms with Crippen LogP contribution in [0.4, 0.5) is 17.1 Å². The smallest absolute Gasteiger partial charge is 0.0725 e. The molecule has 2 heteroatoms. The molecule has 1 aromatic heterocycles. The van der Waals surface area contributed by atoms with Crippen molar-refractivity contribution < 1.29 is 5.48 Å². The second-order valence-electron chi connectivity index (χ2n) is 19.9. The molecule has 2 nitrogen and oxygen atoms in total. The number of nitrogens with zero attached hydrogens (tertiary/aromatic N) is 2. The highest BCUT2D eigenvalue weighted by atomic mass is 15.1. The van der Waals surface area contributed by atoms with Gasteiger partial charge in [0.2, 0.25) is 0 Å². The van der Waals surface area contributed by atoms with E-state index < -0.39 is 10.8 Å². The molecule has 1 heterocycles. The average Bonchev–Trinajstić information content (AvgIpc) is 4.28. The molecule has 1 atom stereocenters. The summed E-state index contributed by atoms with van der Waals surface area (Å²) >= 11 is 0. The van der Waals surface area contributed by atoms with Crippen molar-refractivity contribution >= 4 is 49.6 Å². The fraction of sp³-hybridized carbons (Fsp3) is 0.0278. The Morgan fingerprint density at radius 3 is 1.58 bits per heavy atom. The molecule has 1 unspecified atom stereocenters. The van der Waals surface area contributed by atoms with E-state index in [-0.39, 0.29) is 24.2 Å². The topological polar surface area (TPSA) is 8.17 Å². The van der Waals surface area contributed by atoms with Gasteiger partial charge < -0.3 is 9.47 Å². The van der Waals surface area contributed by atoms with Crippen LogP contribution in [-0.2, 0) is 10.8 Å². The molecule has 0 aliphatic heterocycles. The maximum atomic E-state index is 9.85. The maximum Gasteiger partial charge on any atom is 0.0725 e. The molecule has 3 aliphatic rings. The van der Waals surface area contributed by atoms with Gasteiger partial charge in [0, 0.05) is 33.2 Å². The maximum absolute atomic E-state index is 9.85. The lowest BCUT2D eigenvalue weighted by atomic mass is 9.61. The normalized spacial score (nSPS) is 15.9. The second-order valence-corrected chi connectivity index (χ2v) is 19.9. The summed E-state index contributed by atoms with van der Waals surface area (Å²) < 4.78 is 39.9. The Bertz CT molecular complexity index is 4640. The number of aromatic nitrogens is 1. The van der Waals surface area contributed by atoms with Crippen LogP contribution in [0.2, 0.25) is 0 Å². The Balaban J connectivity index is 1.02. The van der Waals surface area contributed by atoms with Crippen LogP contribution in [-0.4, -0.2) is 4.57 Å². The minimum absolute atomic E-state index is 0.0161. The van der Waals surface area contributed by atoms with Gasteiger partial charge in [-0.2, -0.15) is 0 Å². The molecule has 13 aromatic rings. The number of rotatable bonds is 6. The van der Waals surface area contributed by atoms with Gasteiger partial charge in [-0.1, -0.05) is 224 Å². The Morgan fingerprint density at radius 2 is 0.851 bits per heavy atom. The number of para-hydroxylation sites is 2. The standard InChI is InChI=1S/C72H46N2/c1-4-21-47(22-5-1)71(48-23-6-2-7-24-48)61-34-15-10-29-54(61)56-41-39-51(46-66(56)71)73(50-40-43-69-60(45-50)57-31-14-19-38-67(57)74(69)49-25-8-3-9-26-49)68-44-42-65-70-58(32-20-33-59(68)70)55-30-13-18-37-64(55)72(65)62-35-16-11-27-52(62)53-28-12-17-36-63(53)72/h1-46H/i11D,16D,27D,35D. The highest BCUT2D eigenvalue weighted by Gasteiger charge is 2.51. The van der Waals surface area contributed by atoms with Crippen LogP contribution in [0.25, 0.3) is 71.6 Å². The minimum Gasteiger partial charge on any atom is -0.310 e. The fourth-order valence-corrected chi connectivity index (χ4v) is 13.8. The van der Waals surface area contributed by atoms with Crippen molar-refractivity contribution in [3.05, 3.63) is 323 Å². The summed E-state index contributed by atoms with van der Waals surface area (Å²) in [5, 5.41) is 4.37. The largest absolute Gasteiger partial charge is 0.310 e. The molecule has 0 N–H and O–H groups in total. The lowest BCUT2D eigenvalue weighted by Crippen LogP contribution is -2.32. The molecule has 74 heavy (non-hydrogen) atoms. The summed E-state index contributed by atoms with van der Waals surface area (Å²) in [6, 6.07) is 91.5. The molecule has 0 amide bonds. The van der Waals surface area contributed by atoms with Crippen molar-refractivity contribution in [3.63, 3.8) is 0 Å². The van der Waals surface area contributed by atoms with E-state index in [1.54, 1.807) is 0 Å². The predicted molar refractivity (Wildman–Crippen MR) is 307 cm³/mol. The first kappa shape index (κ1) is 37.3. The number of fused-ring (bicyclic) bond motifs is 15. The van der Waals surface area contributed by atoms with E-state index in [0.717, 1.165) is 88.7 Å². The summed E-state index contributed by atoms with van der Waals surface area (Å²) in [6.45, 7) is 0. The molecule has 0 bridgehead atoms. The first-order chi connectivity index (χ1) is 38.4. The molecular weight excluding hydrogens is 893 g/mol. The van der Waals surface area contributed by atoms with Crippen LogP contribution < -0.4 is 4.90 Å². The first-order valence-corrected chi connectivity index (χ1v) is 25.5. The number of anilines is 3. The summed E-state index contributed by atoms with van der Waals surface area (Å²) in [5.74, 6) is 0. The van der Waals surface area contributed by atoms with Gasteiger partial charge in [0.05, 0.1) is 33.0 Å². The average molecular weight is 943 g/mol. The van der Waals surface area contributed by atoms with E-state index in [4.69, 9.17) is 1.37 Å². The van der Waals surface area contributed by atoms with E-state index in [9.17, 15) is 4.11 Å². The minimum atomic E-state index is -1.06. The third-order valence-electron chi connectivity index (χ3n) is 16.6. The van der Waals surface area contributed by atoms with Crippen molar-refractivity contribution in [3.8, 4) is 39.1 Å². The van der Waals surface area contributed by atoms with Crippen LogP contribution >= 0.6 is 0 Å². The van der Waals surface area contributed by atoms with Crippen LogP contribution in [0, 0.1) is 0 Å². The molecule has 16 rings (SSSR count). The van der Waals surface area contributed by atoms with Gasteiger partial charge >= 0.3 is 0 Å². The number of hydrogen-bond donors (Lipinski definition) is 0. The van der Waals surface area contributed by atoms with Crippen molar-refractivity contribution in [1.82, 2.24) is 4.57 Å². The molecule has 0 saturated heterocycles. The zero-order valence-electron chi connectivity index (χ0n) is 44.1. The lowest BCUT2D eigenvalue weighted by Gasteiger charge is -2.41. The first-order valence-electron chi connectivity index (χ1n) is 27.5. The summed E-state index contributed by atoms with van der Waals surface area (Å²) in [6.07, 6.45) is 0. The third-order valence-corrected chi connectivity index (χ3v) is 16.6. The molecule has 0 radical (unpaired) electrons. The zero-order chi connectivity index (χ0) is 52.0. The van der Waals surface area contributed by atoms with Gasteiger partial charge in [0.1, 0.15) is 0 Å². The van der Waals surface area contributed by atoms with E-state index >= 15 is 0 Å². The highest BCUT2D eigenvalue weighted by Crippen LogP contribution is 2.63. The second kappa shape index (κ2) is 15.5. The summed E-state index contributed by atoms with van der Waals surface area (Å²) in [5.41, 5.74) is 18.9. The van der Waals surface area contributed by atoms with Crippen LogP contribution in [0.5, 0.6) is 0 Å². The van der Waals surface area contributed by atoms with Gasteiger partial charge in [-0.25, -0.2) is 0 Å². The van der Waals surface area contributed by atoms with Gasteiger partial charge in [0.25, 0.3) is 0 Å². The van der Waals surface area contributed by atoms with E-state index in [1.807, 2.05) is 18.2 Å². The van der Waals surface area contributed by atoms with Crippen molar-refractivity contribution in [1.29, 1.82) is 0 Å². The van der Waals surface area contributed by atoms with Crippen molar-refractivity contribution in [2.24, 2.45) is 0 Å². The van der Waals surface area contributed by atoms with Crippen LogP contribution in [0.3, 0.4) is 0 Å². The van der Waals surface area contributed by atoms with E-state index in [1.165, 1.54) is 33.4 Å². The molecule has 0 fully saturated rings. The quantitative estimate of drug-likeness (QED) is 0.161. The lowest BCUT2D eigenvalue weighted by molar-refractivity contribution is 0.768. The number of benzene rings is 12. The van der Waals surface area contributed by atoms with Crippen molar-refractivity contribution in [2.75, 3.05) is 4.90 Å². The third kappa shape index (κ3) is 5.33. The predicted octanol–water partition coefficient (Wildman–Crippen LogP) is 18.1. The summed E-state index contributed by atoms with van der Waals surface area (Å²) in [4.78, 5) is 2.46. The van der Waals surface area contributed by atoms with Gasteiger partial charge in [-0.3, -0.25) is 0 Å². The Labute approximate surface area is 436 Å². The van der Waals surface area contributed by atoms with Crippen LogP contribution in [0.15, 0.2) is 279 Å². The summed E-state index contributed by atoms with van der Waals surface area (Å²) in [7, 11) is 0. The van der Waals surface area contributed by atoms with E-state index in [2.05, 4.69) is 246 Å². The molecule has 1 spiro atoms. The molecule has 344 valence electrons. The molecule has 0 saturated carbocycles. The fourth-order valence-electron chi connectivity index (χ4n) is 13.8. The molecule has 12 aromatic carbocycles. The van der Waals surface area contributed by atoms with Crippen molar-refractivity contribution in [2.45, 2.75) is 10.8 Å². The Hall–Kier alpha value is -9.50. The Kier molecular flexibility index (Phi) is 7.81. The Morgan fingerprint density at radius 1 is 0.324 bits per heavy atom.